The molecule has 1 nitrogen and oxygen atoms in total. The van der Waals surface area contributed by atoms with Crippen molar-refractivity contribution in [2.45, 2.75) is 39.5 Å². The van der Waals surface area contributed by atoms with Gasteiger partial charge in [-0.3, -0.25) is 4.79 Å². The molecule has 72 valence electrons. The van der Waals surface area contributed by atoms with Crippen molar-refractivity contribution < 1.29 is 4.79 Å². The minimum absolute atomic E-state index is 0.572. The van der Waals surface area contributed by atoms with Gasteiger partial charge in [-0.25, -0.2) is 0 Å². The van der Waals surface area contributed by atoms with Gasteiger partial charge in [0.25, 0.3) is 0 Å². The molecule has 0 bridgehead atoms. The van der Waals surface area contributed by atoms with E-state index in [2.05, 4.69) is 26.0 Å². The minimum atomic E-state index is 0.572. The Morgan fingerprint density at radius 2 is 1.77 bits per heavy atom. The van der Waals surface area contributed by atoms with Crippen LogP contribution in [0.5, 0.6) is 0 Å². The van der Waals surface area contributed by atoms with Crippen LogP contribution >= 0.6 is 0 Å². The molecule has 0 fully saturated rings. The highest BCUT2D eigenvalue weighted by molar-refractivity contribution is 5.75. The van der Waals surface area contributed by atoms with E-state index < -0.39 is 0 Å². The van der Waals surface area contributed by atoms with Crippen molar-refractivity contribution in [3.8, 4) is 0 Å². The molecule has 0 aromatic carbocycles. The van der Waals surface area contributed by atoms with Crippen molar-refractivity contribution in [3.63, 3.8) is 0 Å². The summed E-state index contributed by atoms with van der Waals surface area (Å²) in [6.07, 6.45) is 9.79. The number of aldehydes is 1. The number of carbonyl (C=O) groups is 1. The lowest BCUT2D eigenvalue weighted by molar-refractivity contribution is -0.105. The molecule has 0 radical (unpaired) electrons. The Hall–Kier alpha value is -0.850. The summed E-state index contributed by atoms with van der Waals surface area (Å²) in [5.74, 6) is 0.572. The predicted octanol–water partition coefficient (Wildman–Crippen LogP) is 3.27. The average molecular weight is 178 g/mol. The van der Waals surface area contributed by atoms with E-state index in [0.29, 0.717) is 5.92 Å². The van der Waals surface area contributed by atoms with Crippen LogP contribution in [0.1, 0.15) is 39.5 Å². The van der Waals surface area contributed by atoms with E-state index in [-0.39, 0.29) is 0 Å². The van der Waals surface area contributed by atoms with E-state index in [4.69, 9.17) is 0 Å². The fourth-order valence-corrected chi connectivity index (χ4v) is 1.59. The lowest BCUT2D eigenvalue weighted by Crippen LogP contribution is -1.99. The van der Waals surface area contributed by atoms with Gasteiger partial charge in [0.2, 0.25) is 0 Å². The van der Waals surface area contributed by atoms with E-state index in [9.17, 15) is 4.79 Å². The second kappa shape index (κ2) is 5.00. The van der Waals surface area contributed by atoms with Gasteiger partial charge in [0.1, 0.15) is 6.29 Å². The zero-order valence-electron chi connectivity index (χ0n) is 8.55. The predicted molar refractivity (Wildman–Crippen MR) is 55.5 cm³/mol. The molecule has 0 saturated heterocycles. The quantitative estimate of drug-likeness (QED) is 0.606. The third-order valence-electron chi connectivity index (χ3n) is 2.38. The smallest absolute Gasteiger partial charge is 0.146 e. The Labute approximate surface area is 80.5 Å². The topological polar surface area (TPSA) is 17.1 Å². The van der Waals surface area contributed by atoms with Crippen molar-refractivity contribution in [2.75, 3.05) is 0 Å². The molecule has 1 rings (SSSR count). The van der Waals surface area contributed by atoms with Crippen molar-refractivity contribution in [1.82, 2.24) is 0 Å². The molecule has 0 aliphatic heterocycles. The van der Waals surface area contributed by atoms with Crippen LogP contribution in [-0.2, 0) is 4.79 Å². The average Bonchev–Trinajstić information content (AvgIpc) is 2.15. The number of hydrogen-bond acceptors (Lipinski definition) is 1. The van der Waals surface area contributed by atoms with Crippen LogP contribution in [-0.4, -0.2) is 6.29 Å². The van der Waals surface area contributed by atoms with Crippen LogP contribution in [0.2, 0.25) is 0 Å². The summed E-state index contributed by atoms with van der Waals surface area (Å²) in [5.41, 5.74) is 2.28. The maximum atomic E-state index is 10.7. The van der Waals surface area contributed by atoms with Gasteiger partial charge in [0.05, 0.1) is 0 Å². The molecule has 0 saturated carbocycles. The molecule has 0 aromatic rings. The van der Waals surface area contributed by atoms with Crippen LogP contribution in [0.25, 0.3) is 0 Å². The van der Waals surface area contributed by atoms with Crippen molar-refractivity contribution in [1.29, 1.82) is 0 Å². The molecule has 0 N–H and O–H groups in total. The number of allylic oxidation sites excluding steroid dienone is 4. The van der Waals surface area contributed by atoms with E-state index in [1.54, 1.807) is 0 Å². The van der Waals surface area contributed by atoms with Crippen molar-refractivity contribution >= 4 is 6.29 Å². The lowest BCUT2D eigenvalue weighted by atomic mass is 9.92. The molecule has 0 unspecified atom stereocenters. The van der Waals surface area contributed by atoms with Gasteiger partial charge >= 0.3 is 0 Å². The molecule has 0 atom stereocenters. The highest BCUT2D eigenvalue weighted by Gasteiger charge is 2.09. The van der Waals surface area contributed by atoms with Crippen LogP contribution in [0, 0.1) is 5.92 Å². The third kappa shape index (κ3) is 3.17. The molecule has 0 spiro atoms. The van der Waals surface area contributed by atoms with Gasteiger partial charge in [-0.15, -0.1) is 0 Å². The molecule has 1 aliphatic carbocycles. The largest absolute Gasteiger partial charge is 0.298 e. The molecular weight excluding hydrogens is 160 g/mol. The lowest BCUT2D eigenvalue weighted by Gasteiger charge is -2.13. The van der Waals surface area contributed by atoms with Gasteiger partial charge in [-0.05, 0) is 42.7 Å². The van der Waals surface area contributed by atoms with Crippen LogP contribution in [0.3, 0.4) is 0 Å². The standard InChI is InChI=1S/C12H18O/c1-10(2)7-8-11-5-3-4-6-12(11)9-13/h7-10H,3-6H2,1-2H3/b8-7-. The summed E-state index contributed by atoms with van der Waals surface area (Å²) in [7, 11) is 0. The Bertz CT molecular complexity index is 234. The molecule has 1 aliphatic rings. The highest BCUT2D eigenvalue weighted by atomic mass is 16.1. The summed E-state index contributed by atoms with van der Waals surface area (Å²) < 4.78 is 0. The van der Waals surface area contributed by atoms with Crippen molar-refractivity contribution in [3.05, 3.63) is 23.3 Å². The summed E-state index contributed by atoms with van der Waals surface area (Å²) in [6, 6.07) is 0. The maximum Gasteiger partial charge on any atom is 0.146 e. The first kappa shape index (κ1) is 10.2. The van der Waals surface area contributed by atoms with Crippen molar-refractivity contribution in [2.24, 2.45) is 5.92 Å². The minimum Gasteiger partial charge on any atom is -0.298 e. The number of hydrogen-bond donors (Lipinski definition) is 0. The monoisotopic (exact) mass is 178 g/mol. The molecule has 0 amide bonds. The fourth-order valence-electron chi connectivity index (χ4n) is 1.59. The zero-order valence-corrected chi connectivity index (χ0v) is 8.55. The van der Waals surface area contributed by atoms with Gasteiger partial charge in [0, 0.05) is 0 Å². The summed E-state index contributed by atoms with van der Waals surface area (Å²) in [4.78, 5) is 10.7. The van der Waals surface area contributed by atoms with Crippen LogP contribution < -0.4 is 0 Å². The summed E-state index contributed by atoms with van der Waals surface area (Å²) >= 11 is 0. The second-order valence-corrected chi connectivity index (χ2v) is 3.98. The molecular formula is C12H18O. The first-order chi connectivity index (χ1) is 6.24. The first-order valence-corrected chi connectivity index (χ1v) is 5.09. The SMILES string of the molecule is CC(C)/C=C\C1=C(C=O)CCCC1. The normalized spacial score (nSPS) is 18.7. The summed E-state index contributed by atoms with van der Waals surface area (Å²) in [5, 5.41) is 0. The van der Waals surface area contributed by atoms with E-state index in [0.717, 1.165) is 24.7 Å². The Morgan fingerprint density at radius 1 is 1.15 bits per heavy atom. The van der Waals surface area contributed by atoms with Gasteiger partial charge in [-0.2, -0.15) is 0 Å². The third-order valence-corrected chi connectivity index (χ3v) is 2.38. The fraction of sp³-hybridized carbons (Fsp3) is 0.583. The van der Waals surface area contributed by atoms with E-state index >= 15 is 0 Å². The van der Waals surface area contributed by atoms with E-state index in [1.807, 2.05) is 0 Å². The maximum absolute atomic E-state index is 10.7. The second-order valence-electron chi connectivity index (χ2n) is 3.98. The Balaban J connectivity index is 2.73. The van der Waals surface area contributed by atoms with Gasteiger partial charge in [0.15, 0.2) is 0 Å². The van der Waals surface area contributed by atoms with E-state index in [1.165, 1.54) is 18.4 Å². The number of carbonyl (C=O) groups excluding carboxylic acids is 1. The Morgan fingerprint density at radius 3 is 2.31 bits per heavy atom. The van der Waals surface area contributed by atoms with Crippen LogP contribution in [0.4, 0.5) is 0 Å². The van der Waals surface area contributed by atoms with Gasteiger partial charge < -0.3 is 0 Å². The highest BCUT2D eigenvalue weighted by Crippen LogP contribution is 2.24. The first-order valence-electron chi connectivity index (χ1n) is 5.09. The number of rotatable bonds is 3. The molecule has 0 aromatic heterocycles. The summed E-state index contributed by atoms with van der Waals surface area (Å²) in [6.45, 7) is 4.31. The zero-order chi connectivity index (χ0) is 9.68. The van der Waals surface area contributed by atoms with Gasteiger partial charge in [-0.1, -0.05) is 26.0 Å². The molecule has 13 heavy (non-hydrogen) atoms. The van der Waals surface area contributed by atoms with Crippen LogP contribution in [0.15, 0.2) is 23.3 Å². The molecule has 0 heterocycles. The Kier molecular flexibility index (Phi) is 3.94. The molecule has 1 heteroatoms.